The van der Waals surface area contributed by atoms with Gasteiger partial charge in [-0.15, -0.1) is 12.3 Å². The summed E-state index contributed by atoms with van der Waals surface area (Å²) in [7, 11) is 1.56. The van der Waals surface area contributed by atoms with Crippen molar-refractivity contribution in [1.29, 1.82) is 0 Å². The van der Waals surface area contributed by atoms with E-state index < -0.39 is 0 Å². The number of hydrogen-bond acceptors (Lipinski definition) is 3. The van der Waals surface area contributed by atoms with E-state index in [4.69, 9.17) is 11.2 Å². The fourth-order valence-electron chi connectivity index (χ4n) is 2.92. The van der Waals surface area contributed by atoms with Gasteiger partial charge in [0.05, 0.1) is 13.2 Å². The van der Waals surface area contributed by atoms with Gasteiger partial charge in [-0.3, -0.25) is 14.5 Å². The molecule has 23 heavy (non-hydrogen) atoms. The largest absolute Gasteiger partial charge is 0.499 e. The molecule has 0 saturated carbocycles. The normalized spacial score (nSPS) is 18.5. The molecular weight excluding hydrogens is 290 g/mol. The van der Waals surface area contributed by atoms with Crippen LogP contribution in [0.4, 0.5) is 0 Å². The van der Waals surface area contributed by atoms with Crippen molar-refractivity contribution in [3.05, 3.63) is 11.8 Å². The Morgan fingerprint density at radius 2 is 2.13 bits per heavy atom. The highest BCUT2D eigenvalue weighted by molar-refractivity contribution is 6.04. The van der Waals surface area contributed by atoms with Crippen LogP contribution >= 0.6 is 0 Å². The van der Waals surface area contributed by atoms with Crippen molar-refractivity contribution < 1.29 is 14.3 Å². The quantitative estimate of drug-likeness (QED) is 0.456. The van der Waals surface area contributed by atoms with Crippen LogP contribution in [0.3, 0.4) is 0 Å². The lowest BCUT2D eigenvalue weighted by Gasteiger charge is -2.27. The van der Waals surface area contributed by atoms with Gasteiger partial charge in [-0.2, -0.15) is 0 Å². The third kappa shape index (κ3) is 5.42. The molecule has 2 amide bonds. The summed E-state index contributed by atoms with van der Waals surface area (Å²) < 4.78 is 5.32. The maximum Gasteiger partial charge on any atom is 0.257 e. The number of terminal acetylenes is 1. The number of nitrogens with zero attached hydrogens (tertiary/aromatic N) is 1. The number of carbonyl (C=O) groups is 2. The molecule has 4 nitrogen and oxygen atoms in total. The molecule has 2 atom stereocenters. The number of methoxy groups -OCH3 is 1. The van der Waals surface area contributed by atoms with Crippen molar-refractivity contribution in [2.24, 2.45) is 5.92 Å². The standard InChI is InChI=1S/C19H29NO3/c1-5-7-9-11-12-15(3)19(22)20-16(13-10-8-6-2)17(23-4)14-18(20)21/h1,14-16H,6-13H2,2-4H3/t15-,16+/m1/s1. The van der Waals surface area contributed by atoms with Gasteiger partial charge < -0.3 is 4.74 Å². The Kier molecular flexibility index (Phi) is 8.47. The molecule has 0 radical (unpaired) electrons. The Bertz CT molecular complexity index is 475. The smallest absolute Gasteiger partial charge is 0.257 e. The molecule has 0 unspecified atom stereocenters. The Balaban J connectivity index is 2.67. The van der Waals surface area contributed by atoms with E-state index in [9.17, 15) is 9.59 Å². The molecule has 0 aliphatic carbocycles. The van der Waals surface area contributed by atoms with E-state index in [1.807, 2.05) is 6.92 Å². The Morgan fingerprint density at radius 1 is 1.39 bits per heavy atom. The van der Waals surface area contributed by atoms with Crippen molar-refractivity contribution in [3.63, 3.8) is 0 Å². The summed E-state index contributed by atoms with van der Waals surface area (Å²) in [5.74, 6) is 2.70. The van der Waals surface area contributed by atoms with Crippen LogP contribution in [0.1, 0.15) is 65.2 Å². The molecule has 128 valence electrons. The fourth-order valence-corrected chi connectivity index (χ4v) is 2.92. The molecule has 0 N–H and O–H groups in total. The molecule has 1 rings (SSSR count). The lowest BCUT2D eigenvalue weighted by molar-refractivity contribution is -0.146. The number of carbonyl (C=O) groups excluding carboxylic acids is 2. The molecule has 0 spiro atoms. The van der Waals surface area contributed by atoms with Crippen LogP contribution in [-0.4, -0.2) is 29.9 Å². The highest BCUT2D eigenvalue weighted by atomic mass is 16.5. The van der Waals surface area contributed by atoms with Crippen LogP contribution in [0.5, 0.6) is 0 Å². The van der Waals surface area contributed by atoms with Gasteiger partial charge in [-0.25, -0.2) is 0 Å². The zero-order valence-electron chi connectivity index (χ0n) is 14.6. The van der Waals surface area contributed by atoms with Gasteiger partial charge in [0.1, 0.15) is 5.76 Å². The second kappa shape index (κ2) is 10.1. The number of imide groups is 1. The Morgan fingerprint density at radius 3 is 2.74 bits per heavy atom. The number of unbranched alkanes of at least 4 members (excludes halogenated alkanes) is 4. The molecule has 0 aromatic heterocycles. The van der Waals surface area contributed by atoms with Gasteiger partial charge in [0.15, 0.2) is 0 Å². The number of amides is 2. The molecule has 0 saturated heterocycles. The summed E-state index contributed by atoms with van der Waals surface area (Å²) in [6.07, 6.45) is 14.0. The van der Waals surface area contributed by atoms with Gasteiger partial charge in [0, 0.05) is 18.4 Å². The number of ether oxygens (including phenoxy) is 1. The van der Waals surface area contributed by atoms with E-state index >= 15 is 0 Å². The van der Waals surface area contributed by atoms with E-state index in [0.29, 0.717) is 5.76 Å². The Hall–Kier alpha value is -1.76. The first kappa shape index (κ1) is 19.3. The van der Waals surface area contributed by atoms with Gasteiger partial charge in [0.25, 0.3) is 5.91 Å². The summed E-state index contributed by atoms with van der Waals surface area (Å²) in [5.41, 5.74) is 0. The summed E-state index contributed by atoms with van der Waals surface area (Å²) >= 11 is 0. The first-order valence-electron chi connectivity index (χ1n) is 8.62. The van der Waals surface area contributed by atoms with Gasteiger partial charge in [0.2, 0.25) is 5.91 Å². The number of rotatable bonds is 10. The van der Waals surface area contributed by atoms with Crippen molar-refractivity contribution in [2.45, 2.75) is 71.3 Å². The molecule has 1 aliphatic heterocycles. The van der Waals surface area contributed by atoms with Crippen LogP contribution in [0.15, 0.2) is 11.8 Å². The van der Waals surface area contributed by atoms with Gasteiger partial charge in [-0.05, 0) is 19.3 Å². The van der Waals surface area contributed by atoms with E-state index in [1.165, 1.54) is 11.0 Å². The SMILES string of the molecule is C#CCCCC[C@@H](C)C(=O)N1C(=O)C=C(OC)[C@@H]1CCCCC. The number of hydrogen-bond donors (Lipinski definition) is 0. The van der Waals surface area contributed by atoms with Crippen molar-refractivity contribution in [1.82, 2.24) is 4.90 Å². The average molecular weight is 319 g/mol. The summed E-state index contributed by atoms with van der Waals surface area (Å²) in [6.45, 7) is 4.02. The van der Waals surface area contributed by atoms with E-state index in [2.05, 4.69) is 12.8 Å². The van der Waals surface area contributed by atoms with Gasteiger partial charge in [-0.1, -0.05) is 39.5 Å². The maximum atomic E-state index is 12.7. The fraction of sp³-hybridized carbons (Fsp3) is 0.684. The highest BCUT2D eigenvalue weighted by Gasteiger charge is 2.39. The zero-order chi connectivity index (χ0) is 17.2. The third-order valence-corrected chi connectivity index (χ3v) is 4.33. The molecule has 0 fully saturated rings. The lowest BCUT2D eigenvalue weighted by atomic mass is 10.00. The van der Waals surface area contributed by atoms with Gasteiger partial charge >= 0.3 is 0 Å². The Labute approximate surface area is 140 Å². The van der Waals surface area contributed by atoms with Crippen LogP contribution < -0.4 is 0 Å². The third-order valence-electron chi connectivity index (χ3n) is 4.33. The van der Waals surface area contributed by atoms with Crippen molar-refractivity contribution in [3.8, 4) is 12.3 Å². The minimum absolute atomic E-state index is 0.0968. The topological polar surface area (TPSA) is 46.6 Å². The zero-order valence-corrected chi connectivity index (χ0v) is 14.6. The molecule has 1 aliphatic rings. The molecular formula is C19H29NO3. The molecule has 1 heterocycles. The molecule has 4 heteroatoms. The summed E-state index contributed by atoms with van der Waals surface area (Å²) in [4.78, 5) is 26.3. The lowest BCUT2D eigenvalue weighted by Crippen LogP contribution is -2.43. The van der Waals surface area contributed by atoms with E-state index in [1.54, 1.807) is 7.11 Å². The average Bonchev–Trinajstić information content (AvgIpc) is 2.86. The molecule has 0 aromatic rings. The molecule has 0 aromatic carbocycles. The van der Waals surface area contributed by atoms with Crippen LogP contribution in [0, 0.1) is 18.3 Å². The predicted molar refractivity (Wildman–Crippen MR) is 91.3 cm³/mol. The monoisotopic (exact) mass is 319 g/mol. The first-order chi connectivity index (χ1) is 11.1. The highest BCUT2D eigenvalue weighted by Crippen LogP contribution is 2.27. The predicted octanol–water partition coefficient (Wildman–Crippen LogP) is 3.66. The van der Waals surface area contributed by atoms with Crippen LogP contribution in [0.25, 0.3) is 0 Å². The summed E-state index contributed by atoms with van der Waals surface area (Å²) in [6, 6.07) is -0.236. The first-order valence-corrected chi connectivity index (χ1v) is 8.62. The van der Waals surface area contributed by atoms with Crippen molar-refractivity contribution in [2.75, 3.05) is 7.11 Å². The minimum Gasteiger partial charge on any atom is -0.499 e. The second-order valence-electron chi connectivity index (χ2n) is 6.16. The summed E-state index contributed by atoms with van der Waals surface area (Å²) in [5, 5.41) is 0. The maximum absolute atomic E-state index is 12.7. The van der Waals surface area contributed by atoms with E-state index in [0.717, 1.165) is 51.4 Å². The molecule has 0 bridgehead atoms. The minimum atomic E-state index is -0.246. The second-order valence-corrected chi connectivity index (χ2v) is 6.16. The van der Waals surface area contributed by atoms with Crippen LogP contribution in [-0.2, 0) is 14.3 Å². The van der Waals surface area contributed by atoms with Crippen LogP contribution in [0.2, 0.25) is 0 Å². The van der Waals surface area contributed by atoms with E-state index in [-0.39, 0.29) is 23.8 Å². The van der Waals surface area contributed by atoms with Crippen molar-refractivity contribution >= 4 is 11.8 Å².